The molecule has 1 aliphatic rings. The van der Waals surface area contributed by atoms with E-state index in [1.165, 1.54) is 11.4 Å². The summed E-state index contributed by atoms with van der Waals surface area (Å²) in [4.78, 5) is 2.32. The molecule has 0 aromatic carbocycles. The Morgan fingerprint density at radius 2 is 2.14 bits per heavy atom. The van der Waals surface area contributed by atoms with Gasteiger partial charge in [0.2, 0.25) is 0 Å². The third kappa shape index (κ3) is 3.20. The molecule has 4 heteroatoms. The lowest BCUT2D eigenvalue weighted by Crippen LogP contribution is -2.42. The van der Waals surface area contributed by atoms with Gasteiger partial charge in [-0.05, 0) is 13.5 Å². The van der Waals surface area contributed by atoms with E-state index < -0.39 is 0 Å². The Bertz CT molecular complexity index is 200. The summed E-state index contributed by atoms with van der Waals surface area (Å²) < 4.78 is 0. The van der Waals surface area contributed by atoms with Crippen LogP contribution in [0, 0.1) is 0 Å². The molecule has 0 bridgehead atoms. The third-order valence-electron chi connectivity index (χ3n) is 2.45. The highest BCUT2D eigenvalue weighted by Crippen LogP contribution is 2.10. The Morgan fingerprint density at radius 3 is 2.79 bits per heavy atom. The van der Waals surface area contributed by atoms with Crippen LogP contribution in [0.3, 0.4) is 0 Å². The van der Waals surface area contributed by atoms with Crippen molar-refractivity contribution >= 4 is 0 Å². The normalized spacial score (nSPS) is 18.5. The topological polar surface area (TPSA) is 39.3 Å². The maximum absolute atomic E-state index is 3.28. The van der Waals surface area contributed by atoms with Crippen molar-refractivity contribution in [2.45, 2.75) is 19.8 Å². The largest absolute Gasteiger partial charge is 0.390 e. The first-order chi connectivity index (χ1) is 6.77. The Hall–Kier alpha value is -0.740. The van der Waals surface area contributed by atoms with Gasteiger partial charge < -0.3 is 15.6 Å². The molecule has 0 aliphatic carbocycles. The number of hydrazine groups is 1. The van der Waals surface area contributed by atoms with Gasteiger partial charge in [-0.15, -0.1) is 0 Å². The van der Waals surface area contributed by atoms with Crippen molar-refractivity contribution in [2.24, 2.45) is 0 Å². The van der Waals surface area contributed by atoms with Crippen LogP contribution in [0.25, 0.3) is 0 Å². The minimum Gasteiger partial charge on any atom is -0.390 e. The molecule has 0 aromatic heterocycles. The summed E-state index contributed by atoms with van der Waals surface area (Å²) >= 11 is 0. The van der Waals surface area contributed by atoms with E-state index in [1.54, 1.807) is 0 Å². The first-order valence-electron chi connectivity index (χ1n) is 5.35. The summed E-state index contributed by atoms with van der Waals surface area (Å²) in [6, 6.07) is 0. The van der Waals surface area contributed by atoms with E-state index in [0.29, 0.717) is 0 Å². The molecular weight excluding hydrogens is 176 g/mol. The van der Waals surface area contributed by atoms with Crippen molar-refractivity contribution in [3.63, 3.8) is 0 Å². The molecule has 82 valence electrons. The SMILES string of the molecule is CCCNNC1=C(NC)CCN(C)C1. The zero-order chi connectivity index (χ0) is 10.4. The van der Waals surface area contributed by atoms with E-state index >= 15 is 0 Å². The van der Waals surface area contributed by atoms with E-state index in [0.717, 1.165) is 32.5 Å². The number of likely N-dealkylation sites (N-methyl/N-ethyl adjacent to an activating group) is 1. The molecule has 0 spiro atoms. The van der Waals surface area contributed by atoms with Gasteiger partial charge in [-0.1, -0.05) is 6.92 Å². The summed E-state index contributed by atoms with van der Waals surface area (Å²) in [7, 11) is 4.14. The van der Waals surface area contributed by atoms with Gasteiger partial charge in [-0.3, -0.25) is 0 Å². The van der Waals surface area contributed by atoms with Crippen LogP contribution >= 0.6 is 0 Å². The van der Waals surface area contributed by atoms with Crippen LogP contribution in [0.5, 0.6) is 0 Å². The van der Waals surface area contributed by atoms with Gasteiger partial charge in [-0.2, -0.15) is 0 Å². The Labute approximate surface area is 86.7 Å². The molecule has 0 amide bonds. The Balaban J connectivity index is 2.46. The average Bonchev–Trinajstić information content (AvgIpc) is 2.19. The van der Waals surface area contributed by atoms with Crippen LogP contribution < -0.4 is 16.2 Å². The van der Waals surface area contributed by atoms with Gasteiger partial charge in [-0.25, -0.2) is 5.43 Å². The van der Waals surface area contributed by atoms with Gasteiger partial charge in [0.25, 0.3) is 0 Å². The van der Waals surface area contributed by atoms with Gasteiger partial charge in [0, 0.05) is 38.8 Å². The number of nitrogens with zero attached hydrogens (tertiary/aromatic N) is 1. The molecule has 0 fully saturated rings. The quantitative estimate of drug-likeness (QED) is 0.438. The maximum Gasteiger partial charge on any atom is 0.0591 e. The highest BCUT2D eigenvalue weighted by atomic mass is 15.4. The molecule has 0 radical (unpaired) electrons. The lowest BCUT2D eigenvalue weighted by atomic mass is 10.1. The molecule has 1 rings (SSSR count). The average molecular weight is 198 g/mol. The molecule has 0 aromatic rings. The molecule has 1 heterocycles. The summed E-state index contributed by atoms with van der Waals surface area (Å²) in [5, 5.41) is 3.25. The fraction of sp³-hybridized carbons (Fsp3) is 0.800. The molecule has 4 nitrogen and oxygen atoms in total. The Kier molecular flexibility index (Phi) is 4.76. The molecule has 0 atom stereocenters. The lowest BCUT2D eigenvalue weighted by molar-refractivity contribution is 0.325. The molecule has 0 unspecified atom stereocenters. The standard InChI is InChI=1S/C10H22N4/c1-4-6-12-13-10-8-14(3)7-5-9(10)11-2/h11-13H,4-8H2,1-3H3. The molecule has 0 saturated heterocycles. The number of rotatable bonds is 5. The predicted octanol–water partition coefficient (Wildman–Crippen LogP) is 0.257. The number of hydrogen-bond acceptors (Lipinski definition) is 4. The van der Waals surface area contributed by atoms with Crippen LogP contribution in [0.2, 0.25) is 0 Å². The zero-order valence-electron chi connectivity index (χ0n) is 9.48. The smallest absolute Gasteiger partial charge is 0.0591 e. The van der Waals surface area contributed by atoms with E-state index in [-0.39, 0.29) is 0 Å². The van der Waals surface area contributed by atoms with Gasteiger partial charge in [0.05, 0.1) is 5.70 Å². The van der Waals surface area contributed by atoms with E-state index in [2.05, 4.69) is 35.0 Å². The summed E-state index contributed by atoms with van der Waals surface area (Å²) in [6.07, 6.45) is 2.24. The molecule has 1 aliphatic heterocycles. The summed E-state index contributed by atoms with van der Waals surface area (Å²) in [5.74, 6) is 0. The van der Waals surface area contributed by atoms with Crippen molar-refractivity contribution in [1.29, 1.82) is 0 Å². The number of hydrogen-bond donors (Lipinski definition) is 3. The molecular formula is C10H22N4. The second-order valence-electron chi connectivity index (χ2n) is 3.75. The van der Waals surface area contributed by atoms with Crippen molar-refractivity contribution < 1.29 is 0 Å². The first-order valence-corrected chi connectivity index (χ1v) is 5.35. The minimum absolute atomic E-state index is 0.993. The van der Waals surface area contributed by atoms with Crippen LogP contribution in [-0.4, -0.2) is 38.6 Å². The van der Waals surface area contributed by atoms with E-state index in [1.807, 2.05) is 7.05 Å². The van der Waals surface area contributed by atoms with Crippen molar-refractivity contribution in [3.05, 3.63) is 11.4 Å². The monoisotopic (exact) mass is 198 g/mol. The fourth-order valence-corrected chi connectivity index (χ4v) is 1.58. The lowest BCUT2D eigenvalue weighted by Gasteiger charge is -2.28. The predicted molar refractivity (Wildman–Crippen MR) is 59.6 cm³/mol. The van der Waals surface area contributed by atoms with Crippen molar-refractivity contribution in [1.82, 2.24) is 21.1 Å². The second kappa shape index (κ2) is 5.88. The van der Waals surface area contributed by atoms with E-state index in [9.17, 15) is 0 Å². The maximum atomic E-state index is 3.28. The van der Waals surface area contributed by atoms with E-state index in [4.69, 9.17) is 0 Å². The van der Waals surface area contributed by atoms with Gasteiger partial charge in [0.15, 0.2) is 0 Å². The summed E-state index contributed by atoms with van der Waals surface area (Å²) in [6.45, 7) is 5.29. The molecule has 14 heavy (non-hydrogen) atoms. The fourth-order valence-electron chi connectivity index (χ4n) is 1.58. The van der Waals surface area contributed by atoms with Crippen molar-refractivity contribution in [2.75, 3.05) is 33.7 Å². The summed E-state index contributed by atoms with van der Waals surface area (Å²) in [5.41, 5.74) is 9.09. The van der Waals surface area contributed by atoms with Crippen molar-refractivity contribution in [3.8, 4) is 0 Å². The van der Waals surface area contributed by atoms with Crippen LogP contribution in [0.4, 0.5) is 0 Å². The Morgan fingerprint density at radius 1 is 1.36 bits per heavy atom. The van der Waals surface area contributed by atoms with Crippen LogP contribution in [0.15, 0.2) is 11.4 Å². The third-order valence-corrected chi connectivity index (χ3v) is 2.45. The second-order valence-corrected chi connectivity index (χ2v) is 3.75. The molecule has 3 N–H and O–H groups in total. The molecule has 0 saturated carbocycles. The van der Waals surface area contributed by atoms with Gasteiger partial charge >= 0.3 is 0 Å². The first kappa shape index (κ1) is 11.3. The minimum atomic E-state index is 0.993. The number of nitrogens with one attached hydrogen (secondary N) is 3. The van der Waals surface area contributed by atoms with Crippen LogP contribution in [-0.2, 0) is 0 Å². The highest BCUT2D eigenvalue weighted by molar-refractivity contribution is 5.15. The zero-order valence-corrected chi connectivity index (χ0v) is 9.48. The highest BCUT2D eigenvalue weighted by Gasteiger charge is 2.14. The van der Waals surface area contributed by atoms with Crippen LogP contribution in [0.1, 0.15) is 19.8 Å². The van der Waals surface area contributed by atoms with Gasteiger partial charge in [0.1, 0.15) is 0 Å².